The molecule has 0 radical (unpaired) electrons. The maximum Gasteiger partial charge on any atom is 0.120 e. The Kier molecular flexibility index (Phi) is 3.77. The van der Waals surface area contributed by atoms with E-state index in [1.165, 1.54) is 0 Å². The lowest BCUT2D eigenvalue weighted by Crippen LogP contribution is -2.19. The maximum absolute atomic E-state index is 9.66. The van der Waals surface area contributed by atoms with Crippen molar-refractivity contribution in [2.24, 2.45) is 0 Å². The average Bonchev–Trinajstić information content (AvgIpc) is 2.82. The number of phenolic OH excluding ortho intramolecular Hbond substituents is 1. The van der Waals surface area contributed by atoms with E-state index in [1.54, 1.807) is 12.3 Å². The largest absolute Gasteiger partial charge is 0.508 e. The van der Waals surface area contributed by atoms with Gasteiger partial charge in [0.05, 0.1) is 6.54 Å². The van der Waals surface area contributed by atoms with Gasteiger partial charge in [0.2, 0.25) is 0 Å². The minimum atomic E-state index is 0.349. The van der Waals surface area contributed by atoms with Gasteiger partial charge in [0.15, 0.2) is 0 Å². The predicted molar refractivity (Wildman–Crippen MR) is 66.8 cm³/mol. The maximum atomic E-state index is 9.66. The van der Waals surface area contributed by atoms with E-state index in [-0.39, 0.29) is 0 Å². The number of aromatic nitrogens is 2. The Bertz CT molecular complexity index is 466. The van der Waals surface area contributed by atoms with Gasteiger partial charge in [-0.15, -0.1) is 0 Å². The van der Waals surface area contributed by atoms with Crippen LogP contribution >= 0.6 is 0 Å². The number of hydrogen-bond acceptors (Lipinski definition) is 3. The summed E-state index contributed by atoms with van der Waals surface area (Å²) in [6.07, 6.45) is 3.71. The smallest absolute Gasteiger partial charge is 0.120 e. The molecule has 2 N–H and O–H groups in total. The zero-order valence-electron chi connectivity index (χ0n) is 9.93. The summed E-state index contributed by atoms with van der Waals surface area (Å²) in [6, 6.07) is 7.55. The highest BCUT2D eigenvalue weighted by Crippen LogP contribution is 2.17. The monoisotopic (exact) mass is 231 g/mol. The number of nitrogens with zero attached hydrogens (tertiary/aromatic N) is 2. The third kappa shape index (κ3) is 3.32. The van der Waals surface area contributed by atoms with Crippen LogP contribution < -0.4 is 5.32 Å². The molecule has 1 aromatic heterocycles. The number of aromatic hydroxyl groups is 1. The van der Waals surface area contributed by atoms with Crippen molar-refractivity contribution in [2.45, 2.75) is 20.0 Å². The van der Waals surface area contributed by atoms with E-state index in [1.807, 2.05) is 36.0 Å². The van der Waals surface area contributed by atoms with E-state index < -0.39 is 0 Å². The van der Waals surface area contributed by atoms with Crippen molar-refractivity contribution in [2.75, 3.05) is 6.54 Å². The van der Waals surface area contributed by atoms with Gasteiger partial charge < -0.3 is 10.4 Å². The molecule has 4 heteroatoms. The summed E-state index contributed by atoms with van der Waals surface area (Å²) in [7, 11) is 0. The van der Waals surface area contributed by atoms with Crippen molar-refractivity contribution in [3.8, 4) is 5.75 Å². The molecule has 2 aromatic rings. The summed E-state index contributed by atoms with van der Waals surface area (Å²) in [5, 5.41) is 17.1. The van der Waals surface area contributed by atoms with Crippen LogP contribution in [0.3, 0.4) is 0 Å². The SMILES string of the molecule is Cc1ccc(O)c(CNCCn2cccn2)c1. The fourth-order valence-electron chi connectivity index (χ4n) is 1.71. The summed E-state index contributed by atoms with van der Waals surface area (Å²) in [5.74, 6) is 0.349. The van der Waals surface area contributed by atoms with E-state index in [0.29, 0.717) is 12.3 Å². The molecule has 2 rings (SSSR count). The van der Waals surface area contributed by atoms with Crippen molar-refractivity contribution < 1.29 is 5.11 Å². The minimum absolute atomic E-state index is 0.349. The Morgan fingerprint density at radius 2 is 2.29 bits per heavy atom. The van der Waals surface area contributed by atoms with Gasteiger partial charge >= 0.3 is 0 Å². The van der Waals surface area contributed by atoms with Crippen molar-refractivity contribution in [1.82, 2.24) is 15.1 Å². The molecule has 0 atom stereocenters. The van der Waals surface area contributed by atoms with Crippen LogP contribution in [0.25, 0.3) is 0 Å². The molecule has 0 saturated heterocycles. The van der Waals surface area contributed by atoms with Gasteiger partial charge in [-0.05, 0) is 19.1 Å². The number of hydrogen-bond donors (Lipinski definition) is 2. The lowest BCUT2D eigenvalue weighted by Gasteiger charge is -2.08. The van der Waals surface area contributed by atoms with Crippen LogP contribution in [0.4, 0.5) is 0 Å². The molecule has 0 aliphatic heterocycles. The van der Waals surface area contributed by atoms with Crippen LogP contribution in [0, 0.1) is 6.92 Å². The zero-order valence-corrected chi connectivity index (χ0v) is 9.93. The highest BCUT2D eigenvalue weighted by Gasteiger charge is 2.00. The zero-order chi connectivity index (χ0) is 12.1. The first-order valence-corrected chi connectivity index (χ1v) is 5.72. The summed E-state index contributed by atoms with van der Waals surface area (Å²) < 4.78 is 1.88. The molecule has 90 valence electrons. The Morgan fingerprint density at radius 1 is 1.41 bits per heavy atom. The van der Waals surface area contributed by atoms with Crippen LogP contribution in [-0.4, -0.2) is 21.4 Å². The molecule has 0 spiro atoms. The van der Waals surface area contributed by atoms with Gasteiger partial charge in [-0.3, -0.25) is 4.68 Å². The Labute approximate surface area is 101 Å². The van der Waals surface area contributed by atoms with Gasteiger partial charge in [-0.1, -0.05) is 17.7 Å². The molecule has 0 amide bonds. The van der Waals surface area contributed by atoms with E-state index in [4.69, 9.17) is 0 Å². The highest BCUT2D eigenvalue weighted by atomic mass is 16.3. The van der Waals surface area contributed by atoms with Crippen LogP contribution in [0.5, 0.6) is 5.75 Å². The van der Waals surface area contributed by atoms with Crippen LogP contribution in [-0.2, 0) is 13.1 Å². The molecule has 0 bridgehead atoms. The fourth-order valence-corrected chi connectivity index (χ4v) is 1.71. The van der Waals surface area contributed by atoms with E-state index in [2.05, 4.69) is 10.4 Å². The number of rotatable bonds is 5. The second kappa shape index (κ2) is 5.50. The van der Waals surface area contributed by atoms with Crippen molar-refractivity contribution in [3.05, 3.63) is 47.8 Å². The molecular weight excluding hydrogens is 214 g/mol. The second-order valence-corrected chi connectivity index (χ2v) is 4.08. The third-order valence-electron chi connectivity index (χ3n) is 2.63. The summed E-state index contributed by atoms with van der Waals surface area (Å²) in [4.78, 5) is 0. The normalized spacial score (nSPS) is 10.6. The number of aryl methyl sites for hydroxylation is 1. The molecule has 0 aliphatic carbocycles. The molecule has 1 heterocycles. The Hall–Kier alpha value is -1.81. The molecular formula is C13H17N3O. The van der Waals surface area contributed by atoms with Crippen LogP contribution in [0.2, 0.25) is 0 Å². The van der Waals surface area contributed by atoms with E-state index >= 15 is 0 Å². The van der Waals surface area contributed by atoms with Crippen molar-refractivity contribution in [1.29, 1.82) is 0 Å². The highest BCUT2D eigenvalue weighted by molar-refractivity contribution is 5.35. The standard InChI is InChI=1S/C13H17N3O/c1-11-3-4-13(17)12(9-11)10-14-6-8-16-7-2-5-15-16/h2-5,7,9,14,17H,6,8,10H2,1H3. The predicted octanol–water partition coefficient (Wildman–Crippen LogP) is 1.69. The summed E-state index contributed by atoms with van der Waals surface area (Å²) >= 11 is 0. The topological polar surface area (TPSA) is 50.1 Å². The first kappa shape index (κ1) is 11.7. The summed E-state index contributed by atoms with van der Waals surface area (Å²) in [5.41, 5.74) is 2.09. The minimum Gasteiger partial charge on any atom is -0.508 e. The molecule has 1 aromatic carbocycles. The lowest BCUT2D eigenvalue weighted by atomic mass is 10.1. The molecule has 0 unspecified atom stereocenters. The lowest BCUT2D eigenvalue weighted by molar-refractivity contribution is 0.462. The quantitative estimate of drug-likeness (QED) is 0.770. The first-order chi connectivity index (χ1) is 8.25. The van der Waals surface area contributed by atoms with Crippen LogP contribution in [0.15, 0.2) is 36.7 Å². The number of phenols is 1. The van der Waals surface area contributed by atoms with Gasteiger partial charge in [0.1, 0.15) is 5.75 Å². The second-order valence-electron chi connectivity index (χ2n) is 4.08. The van der Waals surface area contributed by atoms with Gasteiger partial charge in [-0.25, -0.2) is 0 Å². The van der Waals surface area contributed by atoms with Crippen LogP contribution in [0.1, 0.15) is 11.1 Å². The van der Waals surface area contributed by atoms with E-state index in [0.717, 1.165) is 24.2 Å². The first-order valence-electron chi connectivity index (χ1n) is 5.72. The Morgan fingerprint density at radius 3 is 3.06 bits per heavy atom. The van der Waals surface area contributed by atoms with E-state index in [9.17, 15) is 5.11 Å². The number of benzene rings is 1. The number of nitrogens with one attached hydrogen (secondary N) is 1. The van der Waals surface area contributed by atoms with Gasteiger partial charge in [-0.2, -0.15) is 5.10 Å². The van der Waals surface area contributed by atoms with Gasteiger partial charge in [0.25, 0.3) is 0 Å². The molecule has 17 heavy (non-hydrogen) atoms. The third-order valence-corrected chi connectivity index (χ3v) is 2.63. The fraction of sp³-hybridized carbons (Fsp3) is 0.308. The van der Waals surface area contributed by atoms with Crippen molar-refractivity contribution >= 4 is 0 Å². The molecule has 4 nitrogen and oxygen atoms in total. The Balaban J connectivity index is 1.80. The molecule has 0 aliphatic rings. The van der Waals surface area contributed by atoms with Gasteiger partial charge in [0, 0.05) is 31.0 Å². The van der Waals surface area contributed by atoms with Crippen molar-refractivity contribution in [3.63, 3.8) is 0 Å². The molecule has 0 saturated carbocycles. The molecule has 0 fully saturated rings. The average molecular weight is 231 g/mol. The summed E-state index contributed by atoms with van der Waals surface area (Å²) in [6.45, 7) is 4.36.